The molecule has 0 saturated carbocycles. The first-order valence-electron chi connectivity index (χ1n) is 8.42. The number of nitrogens with zero attached hydrogens (tertiary/aromatic N) is 1. The molecular weight excluding hydrogens is 306 g/mol. The molecular formula is C18H27N3O3. The maximum absolute atomic E-state index is 11.7. The van der Waals surface area contributed by atoms with Crippen LogP contribution in [-0.4, -0.2) is 22.0 Å². The second kappa shape index (κ2) is 9.76. The second-order valence-corrected chi connectivity index (χ2v) is 6.52. The van der Waals surface area contributed by atoms with Crippen molar-refractivity contribution in [2.24, 2.45) is 5.92 Å². The average molecular weight is 333 g/mol. The summed E-state index contributed by atoms with van der Waals surface area (Å²) in [5.74, 6) is 6.08. The molecule has 1 rings (SSSR count). The van der Waals surface area contributed by atoms with Crippen LogP contribution in [0.5, 0.6) is 0 Å². The standard InChI is InChI=1S/C18H27N3O3/c1-13(2)8-5-6-10-16(22)19-11-7-9-15-12-21(14(3)4)18(24)20-17(15)23/h12-14H,5-6,8,10-11H2,1-4H3,(H,19,22)(H,20,23,24). The summed E-state index contributed by atoms with van der Waals surface area (Å²) in [7, 11) is 0. The number of hydrogen-bond acceptors (Lipinski definition) is 3. The van der Waals surface area contributed by atoms with Crippen LogP contribution in [0.2, 0.25) is 0 Å². The zero-order chi connectivity index (χ0) is 18.1. The summed E-state index contributed by atoms with van der Waals surface area (Å²) in [5.41, 5.74) is -0.742. The molecule has 0 aliphatic carbocycles. The maximum Gasteiger partial charge on any atom is 0.328 e. The largest absolute Gasteiger partial charge is 0.345 e. The van der Waals surface area contributed by atoms with E-state index in [1.807, 2.05) is 13.8 Å². The van der Waals surface area contributed by atoms with Crippen LogP contribution in [0.15, 0.2) is 15.8 Å². The fourth-order valence-corrected chi connectivity index (χ4v) is 2.17. The molecule has 0 unspecified atom stereocenters. The Balaban J connectivity index is 2.52. The lowest BCUT2D eigenvalue weighted by Gasteiger charge is -2.08. The van der Waals surface area contributed by atoms with Gasteiger partial charge in [-0.05, 0) is 26.2 Å². The molecule has 0 spiro atoms. The Bertz CT molecular complexity index is 717. The van der Waals surface area contributed by atoms with E-state index in [1.54, 1.807) is 0 Å². The van der Waals surface area contributed by atoms with Gasteiger partial charge in [-0.2, -0.15) is 0 Å². The van der Waals surface area contributed by atoms with Gasteiger partial charge in [-0.3, -0.25) is 19.1 Å². The summed E-state index contributed by atoms with van der Waals surface area (Å²) in [5, 5.41) is 2.72. The molecule has 0 bridgehead atoms. The monoisotopic (exact) mass is 333 g/mol. The minimum atomic E-state index is -0.510. The first-order chi connectivity index (χ1) is 11.3. The lowest BCUT2D eigenvalue weighted by atomic mass is 10.1. The molecule has 0 radical (unpaired) electrons. The van der Waals surface area contributed by atoms with Crippen molar-refractivity contribution in [3.05, 3.63) is 32.6 Å². The van der Waals surface area contributed by atoms with Gasteiger partial charge in [0.1, 0.15) is 5.56 Å². The van der Waals surface area contributed by atoms with Gasteiger partial charge in [0.05, 0.1) is 6.54 Å². The van der Waals surface area contributed by atoms with Gasteiger partial charge < -0.3 is 5.32 Å². The summed E-state index contributed by atoms with van der Waals surface area (Å²) >= 11 is 0. The van der Waals surface area contributed by atoms with Crippen LogP contribution in [0.25, 0.3) is 0 Å². The van der Waals surface area contributed by atoms with Crippen LogP contribution in [0.1, 0.15) is 65.0 Å². The third-order valence-electron chi connectivity index (χ3n) is 3.56. The number of amides is 1. The average Bonchev–Trinajstić information content (AvgIpc) is 2.49. The van der Waals surface area contributed by atoms with Gasteiger partial charge in [0.2, 0.25) is 5.91 Å². The summed E-state index contributed by atoms with van der Waals surface area (Å²) in [6, 6.07) is -0.0690. The Labute approximate surface area is 142 Å². The minimum absolute atomic E-state index is 0.0332. The van der Waals surface area contributed by atoms with Crippen LogP contribution < -0.4 is 16.6 Å². The quantitative estimate of drug-likeness (QED) is 0.589. The molecule has 2 N–H and O–H groups in total. The molecule has 24 heavy (non-hydrogen) atoms. The first-order valence-corrected chi connectivity index (χ1v) is 8.42. The number of H-pyrrole nitrogens is 1. The maximum atomic E-state index is 11.7. The number of nitrogens with one attached hydrogen (secondary N) is 2. The molecule has 1 aromatic heterocycles. The van der Waals surface area contributed by atoms with Crippen LogP contribution in [-0.2, 0) is 4.79 Å². The van der Waals surface area contributed by atoms with Gasteiger partial charge in [0.25, 0.3) is 5.56 Å². The summed E-state index contributed by atoms with van der Waals surface area (Å²) in [6.45, 7) is 8.20. The Morgan fingerprint density at radius 3 is 2.58 bits per heavy atom. The van der Waals surface area contributed by atoms with E-state index in [2.05, 4.69) is 36.0 Å². The number of rotatable bonds is 7. The van der Waals surface area contributed by atoms with Crippen molar-refractivity contribution in [3.63, 3.8) is 0 Å². The highest BCUT2D eigenvalue weighted by atomic mass is 16.2. The molecule has 132 valence electrons. The molecule has 0 aliphatic heterocycles. The number of aromatic nitrogens is 2. The van der Waals surface area contributed by atoms with E-state index in [1.165, 1.54) is 10.8 Å². The lowest BCUT2D eigenvalue weighted by Crippen LogP contribution is -2.32. The van der Waals surface area contributed by atoms with Crippen molar-refractivity contribution in [2.75, 3.05) is 6.54 Å². The number of carbonyl (C=O) groups is 1. The van der Waals surface area contributed by atoms with Gasteiger partial charge >= 0.3 is 5.69 Å². The van der Waals surface area contributed by atoms with Gasteiger partial charge in [-0.1, -0.05) is 38.5 Å². The zero-order valence-corrected chi connectivity index (χ0v) is 14.9. The van der Waals surface area contributed by atoms with Gasteiger partial charge in [0, 0.05) is 18.7 Å². The van der Waals surface area contributed by atoms with E-state index in [0.717, 1.165) is 19.3 Å². The lowest BCUT2D eigenvalue weighted by molar-refractivity contribution is -0.120. The van der Waals surface area contributed by atoms with Crippen molar-refractivity contribution in [1.29, 1.82) is 0 Å². The van der Waals surface area contributed by atoms with Crippen LogP contribution in [0, 0.1) is 17.8 Å². The SMILES string of the molecule is CC(C)CCCCC(=O)NCC#Cc1cn(C(C)C)c(=O)[nH]c1=O. The Morgan fingerprint density at radius 2 is 1.96 bits per heavy atom. The molecule has 0 saturated heterocycles. The molecule has 6 heteroatoms. The van der Waals surface area contributed by atoms with E-state index in [9.17, 15) is 14.4 Å². The minimum Gasteiger partial charge on any atom is -0.345 e. The molecule has 0 aromatic carbocycles. The zero-order valence-electron chi connectivity index (χ0n) is 14.9. The van der Waals surface area contributed by atoms with Crippen molar-refractivity contribution in [2.45, 2.75) is 59.4 Å². The second-order valence-electron chi connectivity index (χ2n) is 6.52. The number of aromatic amines is 1. The highest BCUT2D eigenvalue weighted by Gasteiger charge is 2.05. The van der Waals surface area contributed by atoms with E-state index in [0.29, 0.717) is 12.3 Å². The molecule has 1 amide bonds. The number of hydrogen-bond donors (Lipinski definition) is 2. The van der Waals surface area contributed by atoms with Gasteiger partial charge in [-0.15, -0.1) is 0 Å². The van der Waals surface area contributed by atoms with Gasteiger partial charge in [0.15, 0.2) is 0 Å². The third kappa shape index (κ3) is 6.86. The molecule has 0 atom stereocenters. The van der Waals surface area contributed by atoms with Crippen LogP contribution in [0.3, 0.4) is 0 Å². The Hall–Kier alpha value is -2.29. The molecule has 1 heterocycles. The Kier molecular flexibility index (Phi) is 8.03. The fraction of sp³-hybridized carbons (Fsp3) is 0.611. The predicted molar refractivity (Wildman–Crippen MR) is 94.9 cm³/mol. The summed E-state index contributed by atoms with van der Waals surface area (Å²) in [6.07, 6.45) is 4.99. The van der Waals surface area contributed by atoms with E-state index in [4.69, 9.17) is 0 Å². The molecule has 0 fully saturated rings. The van der Waals surface area contributed by atoms with Crippen LogP contribution in [0.4, 0.5) is 0 Å². The summed E-state index contributed by atoms with van der Waals surface area (Å²) < 4.78 is 1.42. The van der Waals surface area contributed by atoms with Gasteiger partial charge in [-0.25, -0.2) is 4.79 Å². The molecule has 0 aliphatic rings. The van der Waals surface area contributed by atoms with E-state index in [-0.39, 0.29) is 24.1 Å². The number of unbranched alkanes of at least 4 members (excludes halogenated alkanes) is 1. The highest BCUT2D eigenvalue weighted by Crippen LogP contribution is 2.07. The van der Waals surface area contributed by atoms with Crippen LogP contribution >= 0.6 is 0 Å². The van der Waals surface area contributed by atoms with Crippen molar-refractivity contribution in [1.82, 2.24) is 14.9 Å². The normalized spacial score (nSPS) is 10.6. The topological polar surface area (TPSA) is 84.0 Å². The third-order valence-corrected chi connectivity index (χ3v) is 3.56. The Morgan fingerprint density at radius 1 is 1.25 bits per heavy atom. The van der Waals surface area contributed by atoms with E-state index >= 15 is 0 Å². The summed E-state index contributed by atoms with van der Waals surface area (Å²) in [4.78, 5) is 37.2. The van der Waals surface area contributed by atoms with Crippen molar-refractivity contribution in [3.8, 4) is 11.8 Å². The van der Waals surface area contributed by atoms with Crippen molar-refractivity contribution >= 4 is 5.91 Å². The fourth-order valence-electron chi connectivity index (χ4n) is 2.17. The molecule has 1 aromatic rings. The number of carbonyl (C=O) groups excluding carboxylic acids is 1. The van der Waals surface area contributed by atoms with E-state index < -0.39 is 11.2 Å². The smallest absolute Gasteiger partial charge is 0.328 e. The molecule has 6 nitrogen and oxygen atoms in total. The van der Waals surface area contributed by atoms with Crippen molar-refractivity contribution < 1.29 is 4.79 Å². The predicted octanol–water partition coefficient (Wildman–Crippen LogP) is 1.80. The highest BCUT2D eigenvalue weighted by molar-refractivity contribution is 5.76. The first kappa shape index (κ1) is 19.8.